The molecule has 1 aliphatic rings. The molecule has 1 saturated heterocycles. The van der Waals surface area contributed by atoms with Crippen molar-refractivity contribution in [3.63, 3.8) is 0 Å². The van der Waals surface area contributed by atoms with Crippen LogP contribution < -0.4 is 5.73 Å². The molecule has 2 amide bonds. The topological polar surface area (TPSA) is 83.6 Å². The van der Waals surface area contributed by atoms with Gasteiger partial charge in [0.15, 0.2) is 0 Å². The second-order valence-corrected chi connectivity index (χ2v) is 4.01. The molecule has 6 heteroatoms. The lowest BCUT2D eigenvalue weighted by Gasteiger charge is -2.32. The van der Waals surface area contributed by atoms with Crippen molar-refractivity contribution in [2.24, 2.45) is 5.73 Å². The minimum absolute atomic E-state index is 0.0179. The first-order chi connectivity index (χ1) is 6.11. The van der Waals surface area contributed by atoms with E-state index in [2.05, 4.69) is 0 Å². The summed E-state index contributed by atoms with van der Waals surface area (Å²) in [5.41, 5.74) is 5.12. The Morgan fingerprint density at radius 3 is 2.85 bits per heavy atom. The summed E-state index contributed by atoms with van der Waals surface area (Å²) in [5.74, 6) is 0.604. The summed E-state index contributed by atoms with van der Waals surface area (Å²) < 4.78 is 0. The minimum atomic E-state index is -0.890. The van der Waals surface area contributed by atoms with E-state index in [9.17, 15) is 9.59 Å². The van der Waals surface area contributed by atoms with E-state index in [0.29, 0.717) is 12.3 Å². The average molecular weight is 204 g/mol. The lowest BCUT2D eigenvalue weighted by Crippen LogP contribution is -2.49. The number of carboxylic acids is 1. The molecule has 0 spiro atoms. The van der Waals surface area contributed by atoms with Crippen LogP contribution in [0.1, 0.15) is 6.42 Å². The Kier molecular flexibility index (Phi) is 3.41. The summed E-state index contributed by atoms with van der Waals surface area (Å²) in [4.78, 5) is 22.8. The lowest BCUT2D eigenvalue weighted by atomic mass is 10.2. The fourth-order valence-electron chi connectivity index (χ4n) is 1.32. The van der Waals surface area contributed by atoms with Crippen LogP contribution in [0.2, 0.25) is 0 Å². The van der Waals surface area contributed by atoms with Gasteiger partial charge in [0.2, 0.25) is 0 Å². The predicted octanol–water partition coefficient (Wildman–Crippen LogP) is -0.0428. The number of nitrogens with zero attached hydrogens (tertiary/aromatic N) is 1. The van der Waals surface area contributed by atoms with Gasteiger partial charge in [0.25, 0.3) is 0 Å². The maximum absolute atomic E-state index is 10.9. The third-order valence-corrected chi connectivity index (χ3v) is 3.01. The molecule has 0 saturated carbocycles. The average Bonchev–Trinajstić information content (AvgIpc) is 2.03. The molecule has 0 aliphatic carbocycles. The van der Waals surface area contributed by atoms with Crippen molar-refractivity contribution in [2.45, 2.75) is 12.5 Å². The van der Waals surface area contributed by atoms with Gasteiger partial charge in [-0.1, -0.05) is 0 Å². The normalized spacial score (nSPS) is 22.8. The number of aliphatic carboxylic acids is 1. The van der Waals surface area contributed by atoms with Crippen LogP contribution in [0, 0.1) is 0 Å². The van der Waals surface area contributed by atoms with Gasteiger partial charge in [0, 0.05) is 18.1 Å². The molecular formula is C7H12N2O3S. The van der Waals surface area contributed by atoms with E-state index in [4.69, 9.17) is 10.8 Å². The maximum Gasteiger partial charge on any atom is 0.315 e. The molecule has 1 aliphatic heterocycles. The van der Waals surface area contributed by atoms with Gasteiger partial charge in [-0.2, -0.15) is 11.8 Å². The Morgan fingerprint density at radius 1 is 1.62 bits per heavy atom. The van der Waals surface area contributed by atoms with Crippen molar-refractivity contribution in [2.75, 3.05) is 18.1 Å². The molecule has 5 nitrogen and oxygen atoms in total. The van der Waals surface area contributed by atoms with Crippen LogP contribution >= 0.6 is 11.8 Å². The number of carbonyl (C=O) groups is 2. The molecular weight excluding hydrogens is 192 g/mol. The van der Waals surface area contributed by atoms with Gasteiger partial charge in [-0.25, -0.2) is 4.79 Å². The van der Waals surface area contributed by atoms with Crippen LogP contribution in [0.3, 0.4) is 0 Å². The lowest BCUT2D eigenvalue weighted by molar-refractivity contribution is -0.137. The second kappa shape index (κ2) is 4.36. The number of carboxylic acid groups (broad SMARTS) is 1. The van der Waals surface area contributed by atoms with Crippen LogP contribution in [-0.2, 0) is 4.79 Å². The smallest absolute Gasteiger partial charge is 0.315 e. The largest absolute Gasteiger partial charge is 0.481 e. The molecule has 3 N–H and O–H groups in total. The third-order valence-electron chi connectivity index (χ3n) is 1.92. The molecule has 1 heterocycles. The number of urea groups is 1. The number of amides is 2. The van der Waals surface area contributed by atoms with Gasteiger partial charge in [0.05, 0.1) is 12.5 Å². The highest BCUT2D eigenvalue weighted by atomic mass is 32.2. The molecule has 13 heavy (non-hydrogen) atoms. The standard InChI is InChI=1S/C7H12N2O3S/c8-7(12)9-1-2-13-4-5(9)3-6(10)11/h5H,1-4H2,(H2,8,12)(H,10,11). The first-order valence-electron chi connectivity index (χ1n) is 3.97. The molecule has 0 radical (unpaired) electrons. The number of thioether (sulfide) groups is 1. The number of hydrogen-bond acceptors (Lipinski definition) is 3. The Bertz CT molecular complexity index is 222. The van der Waals surface area contributed by atoms with Crippen LogP contribution in [0.25, 0.3) is 0 Å². The van der Waals surface area contributed by atoms with Crippen molar-refractivity contribution in [1.29, 1.82) is 0 Å². The van der Waals surface area contributed by atoms with E-state index >= 15 is 0 Å². The molecule has 1 fully saturated rings. The monoisotopic (exact) mass is 204 g/mol. The zero-order valence-corrected chi connectivity index (χ0v) is 7.92. The van der Waals surface area contributed by atoms with Gasteiger partial charge in [-0.15, -0.1) is 0 Å². The summed E-state index contributed by atoms with van der Waals surface area (Å²) >= 11 is 1.65. The van der Waals surface area contributed by atoms with Crippen molar-refractivity contribution >= 4 is 23.8 Å². The number of hydrogen-bond donors (Lipinski definition) is 2. The van der Waals surface area contributed by atoms with Crippen LogP contribution in [-0.4, -0.2) is 46.1 Å². The van der Waals surface area contributed by atoms with E-state index in [1.807, 2.05) is 0 Å². The summed E-state index contributed by atoms with van der Waals surface area (Å²) in [6.45, 7) is 0.554. The first kappa shape index (κ1) is 10.2. The SMILES string of the molecule is NC(=O)N1CCSCC1CC(=O)O. The highest BCUT2D eigenvalue weighted by Gasteiger charge is 2.27. The quantitative estimate of drug-likeness (QED) is 0.661. The minimum Gasteiger partial charge on any atom is -0.481 e. The zero-order valence-electron chi connectivity index (χ0n) is 7.10. The van der Waals surface area contributed by atoms with E-state index in [1.165, 1.54) is 4.90 Å². The third kappa shape index (κ3) is 2.80. The molecule has 0 bridgehead atoms. The molecule has 74 valence electrons. The molecule has 1 unspecified atom stereocenters. The molecule has 0 aromatic heterocycles. The second-order valence-electron chi connectivity index (χ2n) is 2.86. The number of primary amides is 1. The highest BCUT2D eigenvalue weighted by molar-refractivity contribution is 7.99. The van der Waals surface area contributed by atoms with Crippen LogP contribution in [0.4, 0.5) is 4.79 Å². The van der Waals surface area contributed by atoms with Crippen molar-refractivity contribution in [3.8, 4) is 0 Å². The fraction of sp³-hybridized carbons (Fsp3) is 0.714. The van der Waals surface area contributed by atoms with Crippen molar-refractivity contribution < 1.29 is 14.7 Å². The number of nitrogens with two attached hydrogens (primary N) is 1. The van der Waals surface area contributed by atoms with Crippen LogP contribution in [0.5, 0.6) is 0 Å². The summed E-state index contributed by atoms with van der Waals surface area (Å²) in [6, 6.07) is -0.764. The summed E-state index contributed by atoms with van der Waals surface area (Å²) in [7, 11) is 0. The Labute approximate surface area is 80.3 Å². The number of rotatable bonds is 2. The van der Waals surface area contributed by atoms with Crippen molar-refractivity contribution in [3.05, 3.63) is 0 Å². The van der Waals surface area contributed by atoms with E-state index in [-0.39, 0.29) is 12.5 Å². The molecule has 1 rings (SSSR count). The molecule has 0 aromatic rings. The first-order valence-corrected chi connectivity index (χ1v) is 5.12. The predicted molar refractivity (Wildman–Crippen MR) is 49.7 cm³/mol. The molecule has 1 atom stereocenters. The summed E-state index contributed by atoms with van der Waals surface area (Å²) in [5, 5.41) is 8.58. The Balaban J connectivity index is 2.56. The summed E-state index contributed by atoms with van der Waals surface area (Å²) in [6.07, 6.45) is -0.0179. The van der Waals surface area contributed by atoms with Crippen molar-refractivity contribution in [1.82, 2.24) is 4.90 Å². The van der Waals surface area contributed by atoms with E-state index in [0.717, 1.165) is 5.75 Å². The van der Waals surface area contributed by atoms with Gasteiger partial charge in [-0.05, 0) is 0 Å². The molecule has 0 aromatic carbocycles. The van der Waals surface area contributed by atoms with E-state index in [1.54, 1.807) is 11.8 Å². The van der Waals surface area contributed by atoms with Gasteiger partial charge in [0.1, 0.15) is 0 Å². The van der Waals surface area contributed by atoms with Gasteiger partial charge >= 0.3 is 12.0 Å². The number of carbonyl (C=O) groups excluding carboxylic acids is 1. The zero-order chi connectivity index (χ0) is 9.84. The van der Waals surface area contributed by atoms with Crippen LogP contribution in [0.15, 0.2) is 0 Å². The Morgan fingerprint density at radius 2 is 2.31 bits per heavy atom. The van der Waals surface area contributed by atoms with E-state index < -0.39 is 12.0 Å². The maximum atomic E-state index is 10.9. The highest BCUT2D eigenvalue weighted by Crippen LogP contribution is 2.18. The Hall–Kier alpha value is -0.910. The fourth-order valence-corrected chi connectivity index (χ4v) is 2.38. The van der Waals surface area contributed by atoms with Gasteiger partial charge in [-0.3, -0.25) is 4.79 Å². The van der Waals surface area contributed by atoms with Gasteiger partial charge < -0.3 is 15.7 Å².